The third-order valence-corrected chi connectivity index (χ3v) is 3.88. The lowest BCUT2D eigenvalue weighted by Gasteiger charge is -2.25. The summed E-state index contributed by atoms with van der Waals surface area (Å²) in [5, 5.41) is 8.59. The number of benzene rings is 1. The number of fused-ring (bicyclic) bond motifs is 1. The summed E-state index contributed by atoms with van der Waals surface area (Å²) in [6.07, 6.45) is -4.65. The number of halogens is 3. The van der Waals surface area contributed by atoms with Crippen molar-refractivity contribution in [1.82, 2.24) is 4.90 Å². The van der Waals surface area contributed by atoms with Gasteiger partial charge in [-0.1, -0.05) is 6.07 Å². The second-order valence-corrected chi connectivity index (χ2v) is 5.62. The zero-order valence-corrected chi connectivity index (χ0v) is 12.9. The molecule has 1 amide bonds. The summed E-state index contributed by atoms with van der Waals surface area (Å²) in [7, 11) is 0. The van der Waals surface area contributed by atoms with Crippen LogP contribution in [0.2, 0.25) is 0 Å². The summed E-state index contributed by atoms with van der Waals surface area (Å²) in [4.78, 5) is 13.2. The number of amides is 1. The van der Waals surface area contributed by atoms with Crippen molar-refractivity contribution in [3.8, 4) is 11.8 Å². The van der Waals surface area contributed by atoms with Gasteiger partial charge in [0.15, 0.2) is 0 Å². The lowest BCUT2D eigenvalue weighted by atomic mass is 9.96. The minimum Gasteiger partial charge on any atom is -0.492 e. The molecule has 0 spiro atoms. The number of hydrogen-bond acceptors (Lipinski definition) is 3. The maximum Gasteiger partial charge on any atom is 0.406 e. The van der Waals surface area contributed by atoms with Crippen LogP contribution >= 0.6 is 0 Å². The Balaban J connectivity index is 2.25. The standard InChI is InChI=1S/C16H17F3N2O2/c1-10-6-12-13(8-23-14(12)7-11(10)2)15(22)21(5-3-4-20)9-16(17,18)19/h6-7,13H,3,5,8-9H2,1-2H3/t13-/m0/s1. The fourth-order valence-electron chi connectivity index (χ4n) is 2.57. The van der Waals surface area contributed by atoms with Gasteiger partial charge in [0.2, 0.25) is 5.91 Å². The zero-order valence-electron chi connectivity index (χ0n) is 12.9. The molecule has 1 aromatic rings. The molecule has 0 N–H and O–H groups in total. The summed E-state index contributed by atoms with van der Waals surface area (Å²) >= 11 is 0. The van der Waals surface area contributed by atoms with Gasteiger partial charge in [-0.05, 0) is 31.0 Å². The van der Waals surface area contributed by atoms with Crippen molar-refractivity contribution in [2.75, 3.05) is 19.7 Å². The fraction of sp³-hybridized carbons (Fsp3) is 0.500. The van der Waals surface area contributed by atoms with Crippen molar-refractivity contribution >= 4 is 5.91 Å². The lowest BCUT2D eigenvalue weighted by molar-refractivity contribution is -0.162. The Morgan fingerprint density at radius 2 is 2.04 bits per heavy atom. The van der Waals surface area contributed by atoms with Crippen molar-refractivity contribution in [3.05, 3.63) is 28.8 Å². The SMILES string of the molecule is Cc1cc2c(cc1C)[C@@H](C(=O)N(CCC#N)CC(F)(F)F)CO2. The second-order valence-electron chi connectivity index (χ2n) is 5.62. The van der Waals surface area contributed by atoms with Crippen LogP contribution in [0.15, 0.2) is 12.1 Å². The molecule has 1 aromatic carbocycles. The average molecular weight is 326 g/mol. The number of hydrogen-bond donors (Lipinski definition) is 0. The van der Waals surface area contributed by atoms with Crippen molar-refractivity contribution in [2.45, 2.75) is 32.4 Å². The van der Waals surface area contributed by atoms with E-state index in [1.165, 1.54) is 0 Å². The lowest BCUT2D eigenvalue weighted by Crippen LogP contribution is -2.42. The average Bonchev–Trinajstić information content (AvgIpc) is 2.84. The molecular weight excluding hydrogens is 309 g/mol. The van der Waals surface area contributed by atoms with Crippen molar-refractivity contribution in [2.24, 2.45) is 0 Å². The molecule has 23 heavy (non-hydrogen) atoms. The predicted octanol–water partition coefficient (Wildman–Crippen LogP) is 3.08. The highest BCUT2D eigenvalue weighted by Crippen LogP contribution is 2.37. The molecule has 1 aliphatic heterocycles. The number of rotatable bonds is 4. The smallest absolute Gasteiger partial charge is 0.406 e. The first kappa shape index (κ1) is 17.1. The predicted molar refractivity (Wildman–Crippen MR) is 77.0 cm³/mol. The molecule has 1 aliphatic rings. The van der Waals surface area contributed by atoms with E-state index in [0.717, 1.165) is 11.1 Å². The number of nitriles is 1. The van der Waals surface area contributed by atoms with Gasteiger partial charge < -0.3 is 9.64 Å². The molecule has 2 rings (SSSR count). The van der Waals surface area contributed by atoms with Crippen LogP contribution in [0.3, 0.4) is 0 Å². The largest absolute Gasteiger partial charge is 0.492 e. The van der Waals surface area contributed by atoms with Crippen LogP contribution in [-0.2, 0) is 4.79 Å². The number of alkyl halides is 3. The normalized spacial score (nSPS) is 16.4. The summed E-state index contributed by atoms with van der Waals surface area (Å²) in [6, 6.07) is 5.35. The maximum absolute atomic E-state index is 12.7. The van der Waals surface area contributed by atoms with E-state index in [2.05, 4.69) is 0 Å². The Bertz CT molecular complexity index is 650. The summed E-state index contributed by atoms with van der Waals surface area (Å²) in [5.74, 6) is -0.872. The Hall–Kier alpha value is -2.23. The molecule has 0 fully saturated rings. The van der Waals surface area contributed by atoms with E-state index in [1.807, 2.05) is 13.8 Å². The van der Waals surface area contributed by atoms with Gasteiger partial charge >= 0.3 is 6.18 Å². The Morgan fingerprint density at radius 3 is 2.65 bits per heavy atom. The van der Waals surface area contributed by atoms with Crippen molar-refractivity contribution in [3.63, 3.8) is 0 Å². The van der Waals surface area contributed by atoms with Gasteiger partial charge in [0.1, 0.15) is 24.8 Å². The molecule has 1 heterocycles. The van der Waals surface area contributed by atoms with E-state index in [1.54, 1.807) is 18.2 Å². The molecule has 0 aliphatic carbocycles. The number of ether oxygens (including phenoxy) is 1. The molecule has 124 valence electrons. The summed E-state index contributed by atoms with van der Waals surface area (Å²) < 4.78 is 43.5. The maximum atomic E-state index is 12.7. The van der Waals surface area contributed by atoms with Crippen LogP contribution in [0, 0.1) is 25.2 Å². The number of carbonyl (C=O) groups is 1. The molecular formula is C16H17F3N2O2. The summed E-state index contributed by atoms with van der Waals surface area (Å²) in [6.45, 7) is 2.20. The Labute approximate surface area is 132 Å². The first-order valence-corrected chi connectivity index (χ1v) is 7.19. The second kappa shape index (κ2) is 6.49. The zero-order chi connectivity index (χ0) is 17.2. The van der Waals surface area contributed by atoms with Crippen LogP contribution in [-0.4, -0.2) is 36.7 Å². The van der Waals surface area contributed by atoms with Crippen molar-refractivity contribution < 1.29 is 22.7 Å². The minimum atomic E-state index is -4.50. The van der Waals surface area contributed by atoms with Gasteiger partial charge in [0, 0.05) is 12.1 Å². The highest BCUT2D eigenvalue weighted by atomic mass is 19.4. The number of aryl methyl sites for hydroxylation is 2. The monoisotopic (exact) mass is 326 g/mol. The first-order valence-electron chi connectivity index (χ1n) is 7.19. The van der Waals surface area contributed by atoms with Gasteiger partial charge in [-0.2, -0.15) is 18.4 Å². The minimum absolute atomic E-state index is 0.0258. The molecule has 0 unspecified atom stereocenters. The van der Waals surface area contributed by atoms with Crippen LogP contribution < -0.4 is 4.74 Å². The number of nitrogens with zero attached hydrogens (tertiary/aromatic N) is 2. The van der Waals surface area contributed by atoms with Crippen LogP contribution in [0.25, 0.3) is 0 Å². The van der Waals surface area contributed by atoms with Crippen LogP contribution in [0.1, 0.15) is 29.0 Å². The number of carbonyl (C=O) groups excluding carboxylic acids is 1. The third kappa shape index (κ3) is 3.95. The van der Waals surface area contributed by atoms with E-state index in [-0.39, 0.29) is 19.6 Å². The summed E-state index contributed by atoms with van der Waals surface area (Å²) in [5.41, 5.74) is 2.56. The molecule has 0 aromatic heterocycles. The molecule has 0 radical (unpaired) electrons. The Kier molecular flexibility index (Phi) is 4.83. The topological polar surface area (TPSA) is 53.3 Å². The van der Waals surface area contributed by atoms with Crippen molar-refractivity contribution in [1.29, 1.82) is 5.26 Å². The first-order chi connectivity index (χ1) is 10.7. The molecule has 0 saturated carbocycles. The fourth-order valence-corrected chi connectivity index (χ4v) is 2.57. The van der Waals surface area contributed by atoms with Crippen LogP contribution in [0.4, 0.5) is 13.2 Å². The van der Waals surface area contributed by atoms with Crippen LogP contribution in [0.5, 0.6) is 5.75 Å². The van der Waals surface area contributed by atoms with E-state index >= 15 is 0 Å². The highest BCUT2D eigenvalue weighted by molar-refractivity contribution is 5.86. The molecule has 7 heteroatoms. The molecule has 4 nitrogen and oxygen atoms in total. The molecule has 0 saturated heterocycles. The van der Waals surface area contributed by atoms with Gasteiger partial charge in [0.25, 0.3) is 0 Å². The Morgan fingerprint density at radius 1 is 1.39 bits per heavy atom. The van der Waals surface area contributed by atoms with Gasteiger partial charge in [-0.25, -0.2) is 0 Å². The van der Waals surface area contributed by atoms with E-state index in [9.17, 15) is 18.0 Å². The van der Waals surface area contributed by atoms with E-state index in [0.29, 0.717) is 16.2 Å². The third-order valence-electron chi connectivity index (χ3n) is 3.88. The molecule has 1 atom stereocenters. The van der Waals surface area contributed by atoms with Gasteiger partial charge in [-0.15, -0.1) is 0 Å². The van der Waals surface area contributed by atoms with E-state index in [4.69, 9.17) is 10.00 Å². The van der Waals surface area contributed by atoms with Gasteiger partial charge in [-0.3, -0.25) is 4.79 Å². The van der Waals surface area contributed by atoms with Gasteiger partial charge in [0.05, 0.1) is 12.5 Å². The highest BCUT2D eigenvalue weighted by Gasteiger charge is 2.38. The molecule has 0 bridgehead atoms. The quantitative estimate of drug-likeness (QED) is 0.854. The van der Waals surface area contributed by atoms with E-state index < -0.39 is 24.5 Å².